The molecule has 0 saturated heterocycles. The van der Waals surface area contributed by atoms with Gasteiger partial charge in [-0.1, -0.05) is 24.8 Å². The van der Waals surface area contributed by atoms with Crippen molar-refractivity contribution >= 4 is 0 Å². The highest BCUT2D eigenvalue weighted by atomic mass is 14.9. The van der Waals surface area contributed by atoms with E-state index in [1.54, 1.807) is 0 Å². The molecule has 0 atom stereocenters. The van der Waals surface area contributed by atoms with Crippen molar-refractivity contribution in [2.24, 2.45) is 0 Å². The molecule has 0 unspecified atom stereocenters. The molecule has 1 nitrogen and oxygen atoms in total. The zero-order valence-electron chi connectivity index (χ0n) is 6.35. The third-order valence-electron chi connectivity index (χ3n) is 1.66. The molecule has 54 valence electrons. The van der Waals surface area contributed by atoms with E-state index in [-0.39, 0.29) is 0 Å². The van der Waals surface area contributed by atoms with Gasteiger partial charge >= 0.3 is 0 Å². The second kappa shape index (κ2) is 3.37. The normalized spacial score (nSPS) is 18.9. The second-order valence-corrected chi connectivity index (χ2v) is 2.36. The number of hydrogen-bond donors (Lipinski definition) is 1. The molecular formula is C9H13N. The van der Waals surface area contributed by atoms with E-state index < -0.39 is 0 Å². The first kappa shape index (κ1) is 7.29. The van der Waals surface area contributed by atoms with E-state index >= 15 is 0 Å². The Kier molecular flexibility index (Phi) is 2.46. The maximum atomic E-state index is 3.74. The van der Waals surface area contributed by atoms with E-state index in [1.807, 2.05) is 13.0 Å². The minimum atomic E-state index is 0.975. The molecule has 1 aliphatic rings. The van der Waals surface area contributed by atoms with Crippen molar-refractivity contribution in [1.29, 1.82) is 0 Å². The molecule has 10 heavy (non-hydrogen) atoms. The first-order chi connectivity index (χ1) is 4.88. The summed E-state index contributed by atoms with van der Waals surface area (Å²) in [6.07, 6.45) is 6.12. The van der Waals surface area contributed by atoms with Gasteiger partial charge in [-0.25, -0.2) is 0 Å². The lowest BCUT2D eigenvalue weighted by Gasteiger charge is -1.91. The van der Waals surface area contributed by atoms with Crippen LogP contribution >= 0.6 is 0 Å². The fraction of sp³-hybridized carbons (Fsp3) is 0.333. The molecule has 0 amide bonds. The van der Waals surface area contributed by atoms with Gasteiger partial charge in [0.1, 0.15) is 0 Å². The first-order valence-corrected chi connectivity index (χ1v) is 3.56. The molecule has 1 heteroatoms. The third-order valence-corrected chi connectivity index (χ3v) is 1.66. The highest BCUT2D eigenvalue weighted by molar-refractivity contribution is 5.37. The molecule has 0 fully saturated rings. The summed E-state index contributed by atoms with van der Waals surface area (Å²) in [6.45, 7) is 7.74. The van der Waals surface area contributed by atoms with Crippen LogP contribution in [-0.4, -0.2) is 13.1 Å². The zero-order valence-corrected chi connectivity index (χ0v) is 6.35. The summed E-state index contributed by atoms with van der Waals surface area (Å²) in [7, 11) is 0. The zero-order chi connectivity index (χ0) is 7.40. The van der Waals surface area contributed by atoms with E-state index in [1.165, 1.54) is 11.1 Å². The predicted molar refractivity (Wildman–Crippen MR) is 44.9 cm³/mol. The third kappa shape index (κ3) is 1.36. The Morgan fingerprint density at radius 2 is 2.10 bits per heavy atom. The minimum absolute atomic E-state index is 0.975. The minimum Gasteiger partial charge on any atom is -0.309 e. The lowest BCUT2D eigenvalue weighted by Crippen LogP contribution is -2.08. The summed E-state index contributed by atoms with van der Waals surface area (Å²) in [5.41, 5.74) is 2.70. The van der Waals surface area contributed by atoms with Gasteiger partial charge in [0.2, 0.25) is 0 Å². The van der Waals surface area contributed by atoms with Crippen molar-refractivity contribution in [2.45, 2.75) is 6.92 Å². The first-order valence-electron chi connectivity index (χ1n) is 3.56. The largest absolute Gasteiger partial charge is 0.309 e. The second-order valence-electron chi connectivity index (χ2n) is 2.36. The average molecular weight is 135 g/mol. The Hall–Kier alpha value is -0.820. The Bertz CT molecular complexity index is 187. The van der Waals surface area contributed by atoms with E-state index in [4.69, 9.17) is 0 Å². The molecule has 0 aromatic heterocycles. The smallest absolute Gasteiger partial charge is 0.0211 e. The van der Waals surface area contributed by atoms with Gasteiger partial charge in [-0.15, -0.1) is 0 Å². The number of nitrogens with one attached hydrogen (secondary N) is 1. The van der Waals surface area contributed by atoms with Crippen LogP contribution in [0.25, 0.3) is 0 Å². The maximum Gasteiger partial charge on any atom is 0.0211 e. The summed E-state index contributed by atoms with van der Waals surface area (Å²) in [6, 6.07) is 0. The van der Waals surface area contributed by atoms with Crippen LogP contribution in [0.2, 0.25) is 0 Å². The lowest BCUT2D eigenvalue weighted by atomic mass is 10.1. The number of allylic oxidation sites excluding steroid dienone is 1. The van der Waals surface area contributed by atoms with E-state index in [9.17, 15) is 0 Å². The van der Waals surface area contributed by atoms with Gasteiger partial charge in [-0.3, -0.25) is 0 Å². The topological polar surface area (TPSA) is 12.0 Å². The van der Waals surface area contributed by atoms with E-state index in [0.717, 1.165) is 13.1 Å². The van der Waals surface area contributed by atoms with Gasteiger partial charge in [-0.2, -0.15) is 0 Å². The SMILES string of the molecule is C=CC1=C(/C=C\C)CNC1. The van der Waals surface area contributed by atoms with Crippen molar-refractivity contribution in [3.63, 3.8) is 0 Å². The van der Waals surface area contributed by atoms with Crippen LogP contribution in [-0.2, 0) is 0 Å². The molecule has 0 bridgehead atoms. The molecule has 1 N–H and O–H groups in total. The van der Waals surface area contributed by atoms with Crippen LogP contribution in [0.15, 0.2) is 36.0 Å². The van der Waals surface area contributed by atoms with Crippen molar-refractivity contribution < 1.29 is 0 Å². The van der Waals surface area contributed by atoms with Gasteiger partial charge in [0.05, 0.1) is 0 Å². The van der Waals surface area contributed by atoms with Gasteiger partial charge in [-0.05, 0) is 18.1 Å². The quantitative estimate of drug-likeness (QED) is 0.607. The van der Waals surface area contributed by atoms with Crippen LogP contribution in [0.4, 0.5) is 0 Å². The predicted octanol–water partition coefficient (Wildman–Crippen LogP) is 1.65. The van der Waals surface area contributed by atoms with Crippen LogP contribution in [0.5, 0.6) is 0 Å². The highest BCUT2D eigenvalue weighted by Crippen LogP contribution is 2.10. The fourth-order valence-electron chi connectivity index (χ4n) is 1.13. The molecule has 0 saturated carbocycles. The summed E-state index contributed by atoms with van der Waals surface area (Å²) in [5, 5.41) is 3.26. The fourth-order valence-corrected chi connectivity index (χ4v) is 1.13. The van der Waals surface area contributed by atoms with Gasteiger partial charge in [0.15, 0.2) is 0 Å². The molecule has 1 rings (SSSR count). The average Bonchev–Trinajstić information content (AvgIpc) is 2.36. The van der Waals surface area contributed by atoms with Crippen LogP contribution in [0.1, 0.15) is 6.92 Å². The van der Waals surface area contributed by atoms with Crippen LogP contribution in [0.3, 0.4) is 0 Å². The highest BCUT2D eigenvalue weighted by Gasteiger charge is 2.06. The van der Waals surface area contributed by atoms with Gasteiger partial charge < -0.3 is 5.32 Å². The molecule has 0 radical (unpaired) electrons. The summed E-state index contributed by atoms with van der Waals surface area (Å²) in [5.74, 6) is 0. The molecule has 1 heterocycles. The molecule has 0 aromatic rings. The lowest BCUT2D eigenvalue weighted by molar-refractivity contribution is 0.874. The van der Waals surface area contributed by atoms with Crippen molar-refractivity contribution in [1.82, 2.24) is 5.32 Å². The van der Waals surface area contributed by atoms with Gasteiger partial charge in [0, 0.05) is 13.1 Å². The molecule has 1 aliphatic heterocycles. The molecule has 0 aromatic carbocycles. The molecular weight excluding hydrogens is 122 g/mol. The van der Waals surface area contributed by atoms with Crippen molar-refractivity contribution in [3.8, 4) is 0 Å². The summed E-state index contributed by atoms with van der Waals surface area (Å²) >= 11 is 0. The molecule has 0 spiro atoms. The molecule has 0 aliphatic carbocycles. The van der Waals surface area contributed by atoms with Gasteiger partial charge in [0.25, 0.3) is 0 Å². The Morgan fingerprint density at radius 1 is 1.40 bits per heavy atom. The summed E-state index contributed by atoms with van der Waals surface area (Å²) < 4.78 is 0. The monoisotopic (exact) mass is 135 g/mol. The van der Waals surface area contributed by atoms with E-state index in [0.29, 0.717) is 0 Å². The standard InChI is InChI=1S/C9H13N/c1-3-5-9-7-10-6-8(9)4-2/h3-5,10H,2,6-7H2,1H3/b5-3-. The number of hydrogen-bond acceptors (Lipinski definition) is 1. The maximum absolute atomic E-state index is 3.74. The van der Waals surface area contributed by atoms with Crippen LogP contribution < -0.4 is 5.32 Å². The summed E-state index contributed by atoms with van der Waals surface area (Å²) in [4.78, 5) is 0. The number of rotatable bonds is 2. The van der Waals surface area contributed by atoms with Crippen molar-refractivity contribution in [2.75, 3.05) is 13.1 Å². The Labute approximate surface area is 62.1 Å². The Balaban J connectivity index is 2.77. The van der Waals surface area contributed by atoms with E-state index in [2.05, 4.69) is 24.0 Å². The van der Waals surface area contributed by atoms with Crippen molar-refractivity contribution in [3.05, 3.63) is 36.0 Å². The Morgan fingerprint density at radius 3 is 2.70 bits per heavy atom. The van der Waals surface area contributed by atoms with Crippen LogP contribution in [0, 0.1) is 0 Å².